The van der Waals surface area contributed by atoms with Crippen molar-refractivity contribution in [1.29, 1.82) is 0 Å². The zero-order valence-corrected chi connectivity index (χ0v) is 10.1. The molecule has 5 heteroatoms. The van der Waals surface area contributed by atoms with Gasteiger partial charge in [-0.3, -0.25) is 4.79 Å². The van der Waals surface area contributed by atoms with E-state index in [-0.39, 0.29) is 36.0 Å². The maximum absolute atomic E-state index is 10.4. The summed E-state index contributed by atoms with van der Waals surface area (Å²) < 4.78 is 0. The summed E-state index contributed by atoms with van der Waals surface area (Å²) >= 11 is 0. The summed E-state index contributed by atoms with van der Waals surface area (Å²) in [7, 11) is 0. The largest absolute Gasteiger partial charge is 1.00 e. The number of unbranched alkanes of at least 4 members (excludes halogenated alkanes) is 1. The Kier molecular flexibility index (Phi) is 10.1. The third-order valence-corrected chi connectivity index (χ3v) is 1.67. The Hall–Kier alpha value is -0.0600. The Morgan fingerprint density at radius 3 is 2.31 bits per heavy atom. The van der Waals surface area contributed by atoms with Crippen molar-refractivity contribution < 1.29 is 49.4 Å². The Morgan fingerprint density at radius 1 is 1.46 bits per heavy atom. The predicted octanol–water partition coefficient (Wildman–Crippen LogP) is -2.98. The van der Waals surface area contributed by atoms with Crippen LogP contribution in [0, 0.1) is 5.92 Å². The molecule has 0 spiro atoms. The second-order valence-electron chi connectivity index (χ2n) is 2.75. The summed E-state index contributed by atoms with van der Waals surface area (Å²) in [5.74, 6) is -3.12. The van der Waals surface area contributed by atoms with E-state index in [0.717, 1.165) is 12.8 Å². The van der Waals surface area contributed by atoms with Crippen LogP contribution in [-0.2, 0) is 9.59 Å². The van der Waals surface area contributed by atoms with Crippen molar-refractivity contribution in [1.82, 2.24) is 0 Å². The Labute approximate surface area is 99.6 Å². The van der Waals surface area contributed by atoms with E-state index in [1.807, 2.05) is 6.92 Å². The molecule has 0 aliphatic heterocycles. The van der Waals surface area contributed by atoms with Crippen LogP contribution in [0.2, 0.25) is 0 Å². The van der Waals surface area contributed by atoms with Gasteiger partial charge in [0.15, 0.2) is 0 Å². The van der Waals surface area contributed by atoms with Crippen molar-refractivity contribution in [2.24, 2.45) is 5.92 Å². The molecule has 0 rings (SSSR count). The fourth-order valence-corrected chi connectivity index (χ4v) is 0.965. The van der Waals surface area contributed by atoms with Crippen LogP contribution in [0.3, 0.4) is 0 Å². The molecule has 0 amide bonds. The van der Waals surface area contributed by atoms with Gasteiger partial charge in [0.25, 0.3) is 0 Å². The third-order valence-electron chi connectivity index (χ3n) is 1.67. The minimum atomic E-state index is -1.29. The second kappa shape index (κ2) is 8.53. The first-order valence-corrected chi connectivity index (χ1v) is 4.00. The van der Waals surface area contributed by atoms with Crippen LogP contribution >= 0.6 is 0 Å². The molecule has 1 N–H and O–H groups in total. The fraction of sp³-hybridized carbons (Fsp3) is 0.750. The van der Waals surface area contributed by atoms with Gasteiger partial charge in [0.1, 0.15) is 0 Å². The summed E-state index contributed by atoms with van der Waals surface area (Å²) in [5, 5.41) is 18.7. The predicted molar refractivity (Wildman–Crippen MR) is 40.3 cm³/mol. The molecule has 0 radical (unpaired) electrons. The number of carbonyl (C=O) groups excluding carboxylic acids is 1. The van der Waals surface area contributed by atoms with E-state index in [9.17, 15) is 14.7 Å². The molecule has 0 aliphatic rings. The van der Waals surface area contributed by atoms with Gasteiger partial charge in [0.2, 0.25) is 0 Å². The Morgan fingerprint density at radius 2 is 2.00 bits per heavy atom. The Bertz CT molecular complexity index is 170. The number of hydrogen-bond acceptors (Lipinski definition) is 3. The van der Waals surface area contributed by atoms with Crippen molar-refractivity contribution in [3.05, 3.63) is 0 Å². The summed E-state index contributed by atoms with van der Waals surface area (Å²) in [6.45, 7) is 1.93. The number of hydrogen-bond donors (Lipinski definition) is 1. The van der Waals surface area contributed by atoms with E-state index >= 15 is 0 Å². The van der Waals surface area contributed by atoms with Crippen molar-refractivity contribution in [3.63, 3.8) is 0 Å². The van der Waals surface area contributed by atoms with Crippen LogP contribution in [0.25, 0.3) is 0 Å². The third kappa shape index (κ3) is 8.28. The van der Waals surface area contributed by atoms with E-state index in [2.05, 4.69) is 0 Å². The molecule has 0 heterocycles. The van der Waals surface area contributed by atoms with E-state index in [0.29, 0.717) is 6.42 Å². The summed E-state index contributed by atoms with van der Waals surface area (Å²) in [6.07, 6.45) is 1.65. The van der Waals surface area contributed by atoms with E-state index in [4.69, 9.17) is 5.11 Å². The smallest absolute Gasteiger partial charge is 0.550 e. The van der Waals surface area contributed by atoms with Gasteiger partial charge >= 0.3 is 35.5 Å². The molecule has 0 aromatic carbocycles. The number of rotatable bonds is 6. The van der Waals surface area contributed by atoms with Gasteiger partial charge in [-0.15, -0.1) is 0 Å². The Balaban J connectivity index is 0. The number of carboxylic acid groups (broad SMARTS) is 2. The molecule has 0 saturated carbocycles. The summed E-state index contributed by atoms with van der Waals surface area (Å²) in [6, 6.07) is 0. The molecular formula is C8H13NaO4. The molecular weight excluding hydrogens is 183 g/mol. The normalized spacial score (nSPS) is 11.5. The van der Waals surface area contributed by atoms with Gasteiger partial charge in [-0.25, -0.2) is 0 Å². The number of aliphatic carboxylic acids is 2. The zero-order valence-electron chi connectivity index (χ0n) is 8.08. The number of carbonyl (C=O) groups is 2. The van der Waals surface area contributed by atoms with Crippen LogP contribution in [-0.4, -0.2) is 17.0 Å². The molecule has 0 aliphatic carbocycles. The molecule has 0 fully saturated rings. The van der Waals surface area contributed by atoms with Crippen LogP contribution in [0.1, 0.15) is 32.6 Å². The molecule has 0 bridgehead atoms. The topological polar surface area (TPSA) is 77.4 Å². The van der Waals surface area contributed by atoms with E-state index in [1.165, 1.54) is 0 Å². The molecule has 70 valence electrons. The second-order valence-corrected chi connectivity index (χ2v) is 2.75. The summed E-state index contributed by atoms with van der Waals surface area (Å²) in [4.78, 5) is 20.6. The van der Waals surface area contributed by atoms with Crippen LogP contribution in [0.4, 0.5) is 0 Å². The average molecular weight is 196 g/mol. The van der Waals surface area contributed by atoms with Crippen LogP contribution in [0.15, 0.2) is 0 Å². The molecule has 1 atom stereocenters. The van der Waals surface area contributed by atoms with Gasteiger partial charge in [-0.2, -0.15) is 0 Å². The molecule has 0 aromatic heterocycles. The molecule has 13 heavy (non-hydrogen) atoms. The quantitative estimate of drug-likeness (QED) is 0.460. The molecule has 0 aromatic rings. The van der Waals surface area contributed by atoms with Crippen LogP contribution in [0.5, 0.6) is 0 Å². The van der Waals surface area contributed by atoms with Crippen molar-refractivity contribution in [3.8, 4) is 0 Å². The van der Waals surface area contributed by atoms with Gasteiger partial charge in [0.05, 0.1) is 5.92 Å². The maximum Gasteiger partial charge on any atom is 1.00 e. The minimum absolute atomic E-state index is 0. The maximum atomic E-state index is 10.4. The molecule has 0 saturated heterocycles. The minimum Gasteiger partial charge on any atom is -0.550 e. The van der Waals surface area contributed by atoms with Crippen molar-refractivity contribution in [2.75, 3.05) is 0 Å². The molecule has 4 nitrogen and oxygen atoms in total. The van der Waals surface area contributed by atoms with E-state index in [1.54, 1.807) is 0 Å². The fourth-order valence-electron chi connectivity index (χ4n) is 0.965. The SMILES string of the molecule is CCCCC(CC(=O)[O-])C(=O)O.[Na+]. The first-order chi connectivity index (χ1) is 5.57. The first-order valence-electron chi connectivity index (χ1n) is 4.00. The van der Waals surface area contributed by atoms with Crippen LogP contribution < -0.4 is 34.7 Å². The van der Waals surface area contributed by atoms with Crippen molar-refractivity contribution in [2.45, 2.75) is 32.6 Å². The van der Waals surface area contributed by atoms with Gasteiger partial charge in [0, 0.05) is 12.4 Å². The molecule has 1 unspecified atom stereocenters. The van der Waals surface area contributed by atoms with Crippen molar-refractivity contribution >= 4 is 11.9 Å². The average Bonchev–Trinajstić information content (AvgIpc) is 1.96. The van der Waals surface area contributed by atoms with E-state index < -0.39 is 17.9 Å². The standard InChI is InChI=1S/C8H14O4.Na/c1-2-3-4-6(8(11)12)5-7(9)10;/h6H,2-5H2,1H3,(H,9,10)(H,11,12);/q;+1/p-1. The first kappa shape index (κ1) is 15.4. The summed E-state index contributed by atoms with van der Waals surface area (Å²) in [5.41, 5.74) is 0. The zero-order chi connectivity index (χ0) is 9.56. The van der Waals surface area contributed by atoms with Gasteiger partial charge < -0.3 is 15.0 Å². The van der Waals surface area contributed by atoms with Gasteiger partial charge in [-0.05, 0) is 6.42 Å². The number of carboxylic acids is 2. The van der Waals surface area contributed by atoms with Gasteiger partial charge in [-0.1, -0.05) is 19.8 Å². The monoisotopic (exact) mass is 196 g/mol.